The maximum absolute atomic E-state index is 4.78. The van der Waals surface area contributed by atoms with Gasteiger partial charge in [-0.3, -0.25) is 0 Å². The molecule has 0 aliphatic heterocycles. The van der Waals surface area contributed by atoms with Gasteiger partial charge in [-0.1, -0.05) is 6.07 Å². The van der Waals surface area contributed by atoms with Crippen LogP contribution in [0.25, 0.3) is 5.82 Å². The summed E-state index contributed by atoms with van der Waals surface area (Å²) in [7, 11) is 4.11. The minimum atomic E-state index is 0. The van der Waals surface area contributed by atoms with Crippen LogP contribution in [0.5, 0.6) is 0 Å². The molecule has 3 aromatic heterocycles. The van der Waals surface area contributed by atoms with E-state index in [1.54, 1.807) is 0 Å². The van der Waals surface area contributed by atoms with Crippen LogP contribution in [0.15, 0.2) is 47.7 Å². The average molecular weight is 507 g/mol. The zero-order valence-corrected chi connectivity index (χ0v) is 20.1. The molecule has 0 atom stereocenters. The third-order valence-electron chi connectivity index (χ3n) is 4.59. The van der Waals surface area contributed by atoms with Crippen LogP contribution in [0, 0.1) is 13.8 Å². The first kappa shape index (κ1) is 22.9. The zero-order chi connectivity index (χ0) is 20.1. The van der Waals surface area contributed by atoms with E-state index in [0.717, 1.165) is 41.8 Å². The Kier molecular flexibility index (Phi) is 8.24. The quantitative estimate of drug-likeness (QED) is 0.316. The molecule has 0 aromatic carbocycles. The average Bonchev–Trinajstić information content (AvgIpc) is 3.23. The fourth-order valence-electron chi connectivity index (χ4n) is 3.11. The van der Waals surface area contributed by atoms with E-state index in [-0.39, 0.29) is 24.0 Å². The molecular weight excluding hydrogens is 477 g/mol. The highest BCUT2D eigenvalue weighted by Gasteiger charge is 2.09. The van der Waals surface area contributed by atoms with Crippen LogP contribution in [0.3, 0.4) is 0 Å². The monoisotopic (exact) mass is 507 g/mol. The number of aryl methyl sites for hydroxylation is 3. The molecule has 0 fully saturated rings. The summed E-state index contributed by atoms with van der Waals surface area (Å²) >= 11 is 0. The number of hydrogen-bond donors (Lipinski definition) is 1. The summed E-state index contributed by atoms with van der Waals surface area (Å²) in [6, 6.07) is 10.3. The zero-order valence-electron chi connectivity index (χ0n) is 17.8. The van der Waals surface area contributed by atoms with Gasteiger partial charge in [-0.25, -0.2) is 14.7 Å². The van der Waals surface area contributed by atoms with E-state index in [2.05, 4.69) is 70.3 Å². The molecule has 0 amide bonds. The molecule has 3 heterocycles. The number of nitrogens with zero attached hydrogens (tertiary/aromatic N) is 6. The van der Waals surface area contributed by atoms with Crippen LogP contribution in [-0.2, 0) is 20.1 Å². The van der Waals surface area contributed by atoms with Gasteiger partial charge in [-0.05, 0) is 50.6 Å². The second-order valence-electron chi connectivity index (χ2n) is 7.00. The third-order valence-corrected chi connectivity index (χ3v) is 4.59. The van der Waals surface area contributed by atoms with E-state index < -0.39 is 0 Å². The first-order chi connectivity index (χ1) is 13.5. The normalized spacial score (nSPS) is 11.3. The lowest BCUT2D eigenvalue weighted by atomic mass is 10.3. The molecule has 8 heteroatoms. The Morgan fingerprint density at radius 3 is 2.59 bits per heavy atom. The van der Waals surface area contributed by atoms with Crippen molar-refractivity contribution in [1.29, 1.82) is 0 Å². The Morgan fingerprint density at radius 2 is 2.03 bits per heavy atom. The highest BCUT2D eigenvalue weighted by Crippen LogP contribution is 2.11. The van der Waals surface area contributed by atoms with Crippen molar-refractivity contribution in [2.75, 3.05) is 13.6 Å². The largest absolute Gasteiger partial charge is 0.357 e. The van der Waals surface area contributed by atoms with Crippen LogP contribution < -0.4 is 5.32 Å². The third kappa shape index (κ3) is 5.81. The van der Waals surface area contributed by atoms with Gasteiger partial charge in [-0.15, -0.1) is 24.0 Å². The molecule has 1 N–H and O–H groups in total. The molecule has 0 saturated carbocycles. The number of aliphatic imine (C=N–C) groups is 1. The van der Waals surface area contributed by atoms with Gasteiger partial charge in [0.2, 0.25) is 0 Å². The number of rotatable bonds is 6. The maximum Gasteiger partial charge on any atom is 0.194 e. The fraction of sp³-hybridized carbons (Fsp3) is 0.381. The Bertz CT molecular complexity index is 940. The Morgan fingerprint density at radius 1 is 1.24 bits per heavy atom. The first-order valence-electron chi connectivity index (χ1n) is 9.56. The lowest BCUT2D eigenvalue weighted by molar-refractivity contribution is 0.462. The number of aromatic nitrogens is 4. The van der Waals surface area contributed by atoms with E-state index in [0.29, 0.717) is 6.54 Å². The number of halogens is 1. The summed E-state index contributed by atoms with van der Waals surface area (Å²) in [6.45, 7) is 8.29. The smallest absolute Gasteiger partial charge is 0.194 e. The van der Waals surface area contributed by atoms with Crippen LogP contribution in [0.4, 0.5) is 0 Å². The second kappa shape index (κ2) is 10.4. The molecule has 3 rings (SSSR count). The van der Waals surface area contributed by atoms with Crippen molar-refractivity contribution in [3.8, 4) is 5.82 Å². The molecule has 29 heavy (non-hydrogen) atoms. The van der Waals surface area contributed by atoms with E-state index >= 15 is 0 Å². The van der Waals surface area contributed by atoms with Gasteiger partial charge < -0.3 is 14.8 Å². The molecule has 0 aliphatic rings. The van der Waals surface area contributed by atoms with Crippen LogP contribution in [0.1, 0.15) is 29.6 Å². The van der Waals surface area contributed by atoms with Crippen molar-refractivity contribution in [1.82, 2.24) is 29.5 Å². The van der Waals surface area contributed by atoms with Crippen LogP contribution in [0.2, 0.25) is 0 Å². The van der Waals surface area contributed by atoms with Crippen molar-refractivity contribution in [3.05, 3.63) is 65.4 Å². The van der Waals surface area contributed by atoms with Crippen molar-refractivity contribution >= 4 is 29.9 Å². The molecule has 0 radical (unpaired) electrons. The SMILES string of the molecule is CCNC(=NCc1ccc(-n2nc(C)cc2C)nc1)N(C)Cc1cccn1C.I. The van der Waals surface area contributed by atoms with E-state index in [4.69, 9.17) is 4.99 Å². The Hall–Kier alpha value is -2.36. The van der Waals surface area contributed by atoms with Gasteiger partial charge in [0.15, 0.2) is 11.8 Å². The summed E-state index contributed by atoms with van der Waals surface area (Å²) in [5.41, 5.74) is 4.37. The standard InChI is InChI=1S/C21H29N7.HI/c1-6-22-21(27(5)15-19-8-7-11-26(19)4)24-14-18-9-10-20(23-13-18)28-17(3)12-16(2)25-28;/h7-13H,6,14-15H2,1-5H3,(H,22,24);1H. The topological polar surface area (TPSA) is 63.3 Å². The van der Waals surface area contributed by atoms with Crippen LogP contribution >= 0.6 is 24.0 Å². The number of nitrogens with one attached hydrogen (secondary N) is 1. The summed E-state index contributed by atoms with van der Waals surface area (Å²) < 4.78 is 3.99. The van der Waals surface area contributed by atoms with E-state index in [9.17, 15) is 0 Å². The van der Waals surface area contributed by atoms with Crippen LogP contribution in [-0.4, -0.2) is 43.8 Å². The van der Waals surface area contributed by atoms with E-state index in [1.807, 2.05) is 36.9 Å². The van der Waals surface area contributed by atoms with Crippen molar-refractivity contribution in [2.24, 2.45) is 12.0 Å². The summed E-state index contributed by atoms with van der Waals surface area (Å²) in [5, 5.41) is 7.85. The van der Waals surface area contributed by atoms with Crippen molar-refractivity contribution < 1.29 is 0 Å². The number of guanidine groups is 1. The molecule has 0 unspecified atom stereocenters. The van der Waals surface area contributed by atoms with Gasteiger partial charge in [-0.2, -0.15) is 5.10 Å². The van der Waals surface area contributed by atoms with E-state index in [1.165, 1.54) is 5.69 Å². The summed E-state index contributed by atoms with van der Waals surface area (Å²) in [4.78, 5) is 11.5. The molecule has 0 spiro atoms. The Labute approximate surface area is 189 Å². The first-order valence-corrected chi connectivity index (χ1v) is 9.56. The second-order valence-corrected chi connectivity index (χ2v) is 7.00. The molecule has 3 aromatic rings. The lowest BCUT2D eigenvalue weighted by Gasteiger charge is -2.22. The molecular formula is C21H30IN7. The van der Waals surface area contributed by atoms with Gasteiger partial charge >= 0.3 is 0 Å². The maximum atomic E-state index is 4.78. The highest BCUT2D eigenvalue weighted by molar-refractivity contribution is 14.0. The Balaban J connectivity index is 0.00000300. The van der Waals surface area contributed by atoms with Crippen molar-refractivity contribution in [2.45, 2.75) is 33.9 Å². The van der Waals surface area contributed by atoms with Gasteiger partial charge in [0, 0.05) is 44.4 Å². The van der Waals surface area contributed by atoms with Gasteiger partial charge in [0.05, 0.1) is 18.8 Å². The lowest BCUT2D eigenvalue weighted by Crippen LogP contribution is -2.38. The predicted octanol–water partition coefficient (Wildman–Crippen LogP) is 3.44. The predicted molar refractivity (Wildman–Crippen MR) is 128 cm³/mol. The fourth-order valence-corrected chi connectivity index (χ4v) is 3.11. The molecule has 0 aliphatic carbocycles. The summed E-state index contributed by atoms with van der Waals surface area (Å²) in [5.74, 6) is 1.71. The van der Waals surface area contributed by atoms with Crippen molar-refractivity contribution in [3.63, 3.8) is 0 Å². The minimum absolute atomic E-state index is 0. The van der Waals surface area contributed by atoms with Gasteiger partial charge in [0.1, 0.15) is 0 Å². The number of hydrogen-bond acceptors (Lipinski definition) is 3. The molecule has 7 nitrogen and oxygen atoms in total. The minimum Gasteiger partial charge on any atom is -0.357 e. The highest BCUT2D eigenvalue weighted by atomic mass is 127. The molecule has 0 bridgehead atoms. The molecule has 156 valence electrons. The van der Waals surface area contributed by atoms with Gasteiger partial charge in [0.25, 0.3) is 0 Å². The summed E-state index contributed by atoms with van der Waals surface area (Å²) in [6.07, 6.45) is 3.93. The number of pyridine rings is 1. The molecule has 0 saturated heterocycles.